The zero-order chi connectivity index (χ0) is 18.8. The Morgan fingerprint density at radius 3 is 2.85 bits per heavy atom. The summed E-state index contributed by atoms with van der Waals surface area (Å²) in [6, 6.07) is 5.47. The molecule has 3 rings (SSSR count). The summed E-state index contributed by atoms with van der Waals surface area (Å²) in [5.74, 6) is -0.723. The lowest BCUT2D eigenvalue weighted by atomic mass is 10.0. The summed E-state index contributed by atoms with van der Waals surface area (Å²) in [4.78, 5) is 29.6. The number of urea groups is 1. The quantitative estimate of drug-likeness (QED) is 0.876. The van der Waals surface area contributed by atoms with E-state index in [-0.39, 0.29) is 24.9 Å². The molecule has 2 fully saturated rings. The number of nitrogens with zero attached hydrogens (tertiary/aromatic N) is 4. The summed E-state index contributed by atoms with van der Waals surface area (Å²) in [7, 11) is 1.44. The van der Waals surface area contributed by atoms with Gasteiger partial charge in [-0.05, 0) is 36.6 Å². The first kappa shape index (κ1) is 18.3. The largest absolute Gasteiger partial charge is 0.328 e. The molecular weight excluding hydrogens is 337 g/mol. The Labute approximate surface area is 151 Å². The lowest BCUT2D eigenvalue weighted by molar-refractivity contribution is -0.135. The number of carbonyl (C=O) groups is 2. The van der Waals surface area contributed by atoms with Crippen molar-refractivity contribution in [3.8, 4) is 6.07 Å². The summed E-state index contributed by atoms with van der Waals surface area (Å²) in [6.45, 7) is 1.40. The molecule has 2 heterocycles. The Morgan fingerprint density at radius 2 is 2.15 bits per heavy atom. The minimum absolute atomic E-state index is 0.000649. The first-order chi connectivity index (χ1) is 12.4. The number of piperidine rings is 1. The smallest absolute Gasteiger partial charge is 0.327 e. The van der Waals surface area contributed by atoms with Crippen LogP contribution in [0.2, 0.25) is 0 Å². The average Bonchev–Trinajstić information content (AvgIpc) is 2.62. The molecule has 1 aromatic rings. The molecule has 0 radical (unpaired) electrons. The third kappa shape index (κ3) is 3.54. The van der Waals surface area contributed by atoms with E-state index in [0.29, 0.717) is 17.7 Å². The number of nitrogens with two attached hydrogens (primary N) is 1. The molecule has 2 saturated heterocycles. The molecule has 7 nitrogen and oxygen atoms in total. The molecule has 138 valence electrons. The highest BCUT2D eigenvalue weighted by Gasteiger charge is 2.40. The number of rotatable bonds is 3. The Bertz CT molecular complexity index is 762. The van der Waals surface area contributed by atoms with Crippen molar-refractivity contribution < 1.29 is 14.0 Å². The van der Waals surface area contributed by atoms with Gasteiger partial charge in [0.15, 0.2) is 0 Å². The maximum atomic E-state index is 13.7. The van der Waals surface area contributed by atoms with E-state index in [2.05, 4.69) is 0 Å². The van der Waals surface area contributed by atoms with Crippen molar-refractivity contribution in [1.29, 1.82) is 5.26 Å². The van der Waals surface area contributed by atoms with Crippen LogP contribution in [0.25, 0.3) is 0 Å². The minimum Gasteiger partial charge on any atom is -0.327 e. The van der Waals surface area contributed by atoms with E-state index < -0.39 is 18.0 Å². The average molecular weight is 359 g/mol. The van der Waals surface area contributed by atoms with Gasteiger partial charge in [0, 0.05) is 26.2 Å². The Balaban J connectivity index is 1.92. The van der Waals surface area contributed by atoms with Crippen LogP contribution in [-0.2, 0) is 11.3 Å². The normalized spacial score (nSPS) is 24.7. The van der Waals surface area contributed by atoms with Crippen LogP contribution >= 0.6 is 0 Å². The van der Waals surface area contributed by atoms with Crippen LogP contribution < -0.4 is 5.73 Å². The third-order valence-electron chi connectivity index (χ3n) is 5.06. The summed E-state index contributed by atoms with van der Waals surface area (Å²) < 4.78 is 13.7. The molecule has 0 aromatic heterocycles. The highest BCUT2D eigenvalue weighted by molar-refractivity contribution is 5.96. The number of halogens is 1. The van der Waals surface area contributed by atoms with Crippen LogP contribution in [-0.4, -0.2) is 59.0 Å². The van der Waals surface area contributed by atoms with E-state index in [9.17, 15) is 19.2 Å². The molecule has 8 heteroatoms. The molecule has 0 spiro atoms. The van der Waals surface area contributed by atoms with Crippen LogP contribution in [0, 0.1) is 17.1 Å². The van der Waals surface area contributed by atoms with E-state index >= 15 is 0 Å². The van der Waals surface area contributed by atoms with Gasteiger partial charge in [0.1, 0.15) is 5.82 Å². The molecule has 0 saturated carbocycles. The zero-order valence-corrected chi connectivity index (χ0v) is 14.7. The minimum atomic E-state index is -0.468. The fourth-order valence-corrected chi connectivity index (χ4v) is 3.63. The monoisotopic (exact) mass is 359 g/mol. The molecule has 0 aliphatic carbocycles. The molecule has 2 N–H and O–H groups in total. The van der Waals surface area contributed by atoms with Gasteiger partial charge in [-0.3, -0.25) is 14.6 Å². The Morgan fingerprint density at radius 1 is 1.38 bits per heavy atom. The SMILES string of the molecule is CN1C(=O)CC(N2CCC[C@@H](N)C2)N(Cc2cc(F)ccc2C#N)C1=O. The molecule has 2 aliphatic heterocycles. The lowest BCUT2D eigenvalue weighted by Crippen LogP contribution is -2.63. The number of likely N-dealkylation sites (tertiary alicyclic amines) is 1. The van der Waals surface area contributed by atoms with Crippen molar-refractivity contribution in [1.82, 2.24) is 14.7 Å². The van der Waals surface area contributed by atoms with Crippen molar-refractivity contribution in [2.24, 2.45) is 5.73 Å². The lowest BCUT2D eigenvalue weighted by Gasteiger charge is -2.46. The molecule has 0 bridgehead atoms. The van der Waals surface area contributed by atoms with Gasteiger partial charge >= 0.3 is 6.03 Å². The van der Waals surface area contributed by atoms with Gasteiger partial charge in [-0.2, -0.15) is 5.26 Å². The summed E-state index contributed by atoms with van der Waals surface area (Å²) in [5.41, 5.74) is 6.80. The highest BCUT2D eigenvalue weighted by Crippen LogP contribution is 2.26. The third-order valence-corrected chi connectivity index (χ3v) is 5.06. The number of hydrogen-bond donors (Lipinski definition) is 1. The first-order valence-electron chi connectivity index (χ1n) is 8.66. The van der Waals surface area contributed by atoms with Crippen LogP contribution in [0.1, 0.15) is 30.4 Å². The second kappa shape index (κ2) is 7.40. The predicted octanol–water partition coefficient (Wildman–Crippen LogP) is 1.23. The van der Waals surface area contributed by atoms with Crippen molar-refractivity contribution >= 4 is 11.9 Å². The number of imide groups is 1. The fraction of sp³-hybridized carbons (Fsp3) is 0.500. The number of amides is 3. The molecular formula is C18H22FN5O2. The summed E-state index contributed by atoms with van der Waals surface area (Å²) in [6.07, 6.45) is 1.53. The highest BCUT2D eigenvalue weighted by atomic mass is 19.1. The van der Waals surface area contributed by atoms with Gasteiger partial charge in [0.2, 0.25) is 5.91 Å². The Kier molecular flexibility index (Phi) is 5.20. The van der Waals surface area contributed by atoms with Crippen molar-refractivity contribution in [2.75, 3.05) is 20.1 Å². The van der Waals surface area contributed by atoms with E-state index in [0.717, 1.165) is 24.3 Å². The molecule has 2 aliphatic rings. The van der Waals surface area contributed by atoms with Crippen LogP contribution in [0.3, 0.4) is 0 Å². The van der Waals surface area contributed by atoms with Gasteiger partial charge in [0.25, 0.3) is 0 Å². The van der Waals surface area contributed by atoms with Gasteiger partial charge in [-0.25, -0.2) is 9.18 Å². The standard InChI is InChI=1S/C18H22FN5O2/c1-22-17(25)8-16(23-6-2-3-15(21)11-23)24(18(22)26)10-13-7-14(19)5-4-12(13)9-20/h4-5,7,15-16H,2-3,6,8,10-11,21H2,1H3/t15-,16?/m1/s1. The second-order valence-corrected chi connectivity index (χ2v) is 6.86. The Hall–Kier alpha value is -2.50. The number of hydrogen-bond acceptors (Lipinski definition) is 5. The van der Waals surface area contributed by atoms with E-state index in [1.54, 1.807) is 0 Å². The van der Waals surface area contributed by atoms with Gasteiger partial charge in [-0.1, -0.05) is 0 Å². The van der Waals surface area contributed by atoms with Gasteiger partial charge in [0.05, 0.1) is 30.8 Å². The van der Waals surface area contributed by atoms with Crippen molar-refractivity contribution in [3.63, 3.8) is 0 Å². The predicted molar refractivity (Wildman–Crippen MR) is 92.0 cm³/mol. The first-order valence-corrected chi connectivity index (χ1v) is 8.66. The number of nitriles is 1. The maximum Gasteiger partial charge on any atom is 0.328 e. The zero-order valence-electron chi connectivity index (χ0n) is 14.7. The second-order valence-electron chi connectivity index (χ2n) is 6.86. The van der Waals surface area contributed by atoms with Crippen LogP contribution in [0.5, 0.6) is 0 Å². The number of carbonyl (C=O) groups excluding carboxylic acids is 2. The van der Waals surface area contributed by atoms with Crippen LogP contribution in [0.15, 0.2) is 18.2 Å². The van der Waals surface area contributed by atoms with Crippen molar-refractivity contribution in [3.05, 3.63) is 35.1 Å². The van der Waals surface area contributed by atoms with Gasteiger partial charge < -0.3 is 10.6 Å². The molecule has 1 unspecified atom stereocenters. The summed E-state index contributed by atoms with van der Waals surface area (Å²) in [5, 5.41) is 9.28. The molecule has 2 atom stereocenters. The topological polar surface area (TPSA) is 93.7 Å². The van der Waals surface area contributed by atoms with E-state index in [4.69, 9.17) is 5.73 Å². The van der Waals surface area contributed by atoms with Crippen molar-refractivity contribution in [2.45, 2.75) is 38.0 Å². The van der Waals surface area contributed by atoms with Crippen LogP contribution in [0.4, 0.5) is 9.18 Å². The molecule has 1 aromatic carbocycles. The summed E-state index contributed by atoms with van der Waals surface area (Å²) >= 11 is 0. The number of benzene rings is 1. The van der Waals surface area contributed by atoms with E-state index in [1.807, 2.05) is 11.0 Å². The van der Waals surface area contributed by atoms with Gasteiger partial charge in [-0.15, -0.1) is 0 Å². The fourth-order valence-electron chi connectivity index (χ4n) is 3.63. The molecule has 26 heavy (non-hydrogen) atoms. The van der Waals surface area contributed by atoms with E-state index in [1.165, 1.54) is 30.1 Å². The molecule has 3 amide bonds. The maximum absolute atomic E-state index is 13.7.